The zero-order valence-corrected chi connectivity index (χ0v) is 18.3. The fraction of sp³-hybridized carbons (Fsp3) is 0.320. The highest BCUT2D eigenvalue weighted by Gasteiger charge is 2.21. The second kappa shape index (κ2) is 8.22. The summed E-state index contributed by atoms with van der Waals surface area (Å²) in [7, 11) is 0. The second-order valence-corrected chi connectivity index (χ2v) is 8.32. The Hall–Kier alpha value is -3.48. The zero-order chi connectivity index (χ0) is 22.2. The van der Waals surface area contributed by atoms with E-state index in [9.17, 15) is 4.79 Å². The molecule has 0 unspecified atom stereocenters. The van der Waals surface area contributed by atoms with Crippen LogP contribution in [0.2, 0.25) is 0 Å². The highest BCUT2D eigenvalue weighted by Crippen LogP contribution is 2.29. The number of pyridine rings is 1. The summed E-state index contributed by atoms with van der Waals surface area (Å²) in [5.41, 5.74) is 3.12. The van der Waals surface area contributed by atoms with Crippen LogP contribution in [0.25, 0.3) is 33.7 Å². The Balaban J connectivity index is 1.62. The Morgan fingerprint density at radius 3 is 2.69 bits per heavy atom. The van der Waals surface area contributed by atoms with Crippen LogP contribution in [-0.4, -0.2) is 27.8 Å². The molecule has 1 saturated heterocycles. The van der Waals surface area contributed by atoms with Crippen molar-refractivity contribution in [2.45, 2.75) is 39.7 Å². The molecule has 0 aliphatic carbocycles. The molecule has 6 nitrogen and oxygen atoms in total. The van der Waals surface area contributed by atoms with Crippen molar-refractivity contribution < 1.29 is 8.91 Å². The van der Waals surface area contributed by atoms with Gasteiger partial charge in [0.2, 0.25) is 11.3 Å². The molecule has 0 N–H and O–H groups in total. The highest BCUT2D eigenvalue weighted by atomic mass is 19.1. The molecule has 5 rings (SSSR count). The smallest absolute Gasteiger partial charge is 0.263 e. The molecule has 1 aliphatic rings. The lowest BCUT2D eigenvalue weighted by Gasteiger charge is -2.29. The number of fused-ring (bicyclic) bond motifs is 1. The number of aryl methyl sites for hydroxylation is 2. The summed E-state index contributed by atoms with van der Waals surface area (Å²) in [6.07, 6.45) is 5.01. The summed E-state index contributed by atoms with van der Waals surface area (Å²) < 4.78 is 22.5. The van der Waals surface area contributed by atoms with Gasteiger partial charge in [-0.3, -0.25) is 4.79 Å². The topological polar surface area (TPSA) is 64.2 Å². The Labute approximate surface area is 185 Å². The van der Waals surface area contributed by atoms with Gasteiger partial charge in [-0.05, 0) is 51.3 Å². The monoisotopic (exact) mass is 432 g/mol. The lowest BCUT2D eigenvalue weighted by molar-refractivity contribution is 0.431. The number of halogens is 1. The van der Waals surface area contributed by atoms with E-state index < -0.39 is 0 Å². The van der Waals surface area contributed by atoms with Crippen molar-refractivity contribution in [3.05, 3.63) is 64.2 Å². The average Bonchev–Trinajstić information content (AvgIpc) is 3.30. The first-order valence-electron chi connectivity index (χ1n) is 11.1. The van der Waals surface area contributed by atoms with Gasteiger partial charge in [-0.15, -0.1) is 0 Å². The van der Waals surface area contributed by atoms with Crippen LogP contribution in [0.3, 0.4) is 0 Å². The molecule has 0 atom stereocenters. The molecule has 0 amide bonds. The first kappa shape index (κ1) is 20.4. The van der Waals surface area contributed by atoms with Crippen LogP contribution >= 0.6 is 0 Å². The number of rotatable bonds is 4. The molecular formula is C25H25FN4O2. The van der Waals surface area contributed by atoms with E-state index in [0.717, 1.165) is 37.1 Å². The first-order chi connectivity index (χ1) is 15.5. The number of anilines is 1. The van der Waals surface area contributed by atoms with Crippen molar-refractivity contribution in [3.63, 3.8) is 0 Å². The molecule has 0 spiro atoms. The van der Waals surface area contributed by atoms with Crippen molar-refractivity contribution in [1.29, 1.82) is 0 Å². The Bertz CT molecular complexity index is 1350. The van der Waals surface area contributed by atoms with Crippen LogP contribution < -0.4 is 10.3 Å². The molecule has 7 heteroatoms. The summed E-state index contributed by atoms with van der Waals surface area (Å²) in [4.78, 5) is 19.8. The van der Waals surface area contributed by atoms with Gasteiger partial charge in [-0.1, -0.05) is 28.9 Å². The van der Waals surface area contributed by atoms with E-state index in [0.29, 0.717) is 29.0 Å². The molecule has 2 aromatic carbocycles. The van der Waals surface area contributed by atoms with Crippen molar-refractivity contribution in [2.24, 2.45) is 0 Å². The number of nitrogens with zero attached hydrogens (tertiary/aromatic N) is 4. The van der Waals surface area contributed by atoms with Crippen molar-refractivity contribution in [1.82, 2.24) is 14.7 Å². The fourth-order valence-electron chi connectivity index (χ4n) is 4.42. The van der Waals surface area contributed by atoms with Crippen LogP contribution in [0.5, 0.6) is 0 Å². The SMILES string of the molecule is CCn1cc(-c2nc(-c3cccc(C)c3)no2)c(=O)c2cc(F)c(N3CCCCC3)cc21. The van der Waals surface area contributed by atoms with Crippen LogP contribution in [-0.2, 0) is 6.54 Å². The standard InChI is InChI=1S/C25H25FN4O2/c1-3-29-15-19(25-27-24(28-32-25)17-9-7-8-16(2)12-17)23(31)18-13-20(26)22(14-21(18)29)30-10-5-4-6-11-30/h7-9,12-15H,3-6,10-11H2,1-2H3. The number of aromatic nitrogens is 3. The van der Waals surface area contributed by atoms with Crippen molar-refractivity contribution in [2.75, 3.05) is 18.0 Å². The number of hydrogen-bond donors (Lipinski definition) is 0. The molecule has 1 fully saturated rings. The van der Waals surface area contributed by atoms with Crippen LogP contribution in [0.1, 0.15) is 31.7 Å². The van der Waals surface area contributed by atoms with Crippen LogP contribution in [0.15, 0.2) is 51.9 Å². The zero-order valence-electron chi connectivity index (χ0n) is 18.3. The first-order valence-corrected chi connectivity index (χ1v) is 11.1. The lowest BCUT2D eigenvalue weighted by atomic mass is 10.1. The quantitative estimate of drug-likeness (QED) is 0.445. The van der Waals surface area contributed by atoms with E-state index >= 15 is 4.39 Å². The van der Waals surface area contributed by atoms with Gasteiger partial charge in [0.1, 0.15) is 11.4 Å². The minimum atomic E-state index is -0.373. The second-order valence-electron chi connectivity index (χ2n) is 8.32. The van der Waals surface area contributed by atoms with E-state index in [1.165, 1.54) is 12.5 Å². The van der Waals surface area contributed by atoms with Gasteiger partial charge >= 0.3 is 0 Å². The van der Waals surface area contributed by atoms with E-state index in [4.69, 9.17) is 4.52 Å². The minimum absolute atomic E-state index is 0.135. The minimum Gasteiger partial charge on any atom is -0.369 e. The van der Waals surface area contributed by atoms with E-state index in [-0.39, 0.29) is 22.7 Å². The van der Waals surface area contributed by atoms with Crippen molar-refractivity contribution in [3.8, 4) is 22.8 Å². The van der Waals surface area contributed by atoms with Gasteiger partial charge in [0.25, 0.3) is 5.89 Å². The number of hydrogen-bond acceptors (Lipinski definition) is 5. The summed E-state index contributed by atoms with van der Waals surface area (Å²) >= 11 is 0. The van der Waals surface area contributed by atoms with Gasteiger partial charge in [-0.25, -0.2) is 4.39 Å². The molecule has 164 valence electrons. The highest BCUT2D eigenvalue weighted by molar-refractivity contribution is 5.86. The fourth-order valence-corrected chi connectivity index (χ4v) is 4.42. The molecule has 0 radical (unpaired) electrons. The third-order valence-electron chi connectivity index (χ3n) is 6.12. The van der Waals surface area contributed by atoms with E-state index in [1.807, 2.05) is 42.7 Å². The molecule has 0 saturated carbocycles. The normalized spacial score (nSPS) is 14.3. The van der Waals surface area contributed by atoms with Gasteiger partial charge in [0.05, 0.1) is 11.2 Å². The largest absolute Gasteiger partial charge is 0.369 e. The van der Waals surface area contributed by atoms with Crippen LogP contribution in [0.4, 0.5) is 10.1 Å². The van der Waals surface area contributed by atoms with Gasteiger partial charge in [0.15, 0.2) is 0 Å². The Morgan fingerprint density at radius 2 is 1.94 bits per heavy atom. The Kier molecular flexibility index (Phi) is 5.25. The summed E-state index contributed by atoms with van der Waals surface area (Å²) in [6.45, 7) is 6.26. The van der Waals surface area contributed by atoms with Gasteiger partial charge < -0.3 is 14.0 Å². The third-order valence-corrected chi connectivity index (χ3v) is 6.12. The molecule has 1 aliphatic heterocycles. The molecule has 32 heavy (non-hydrogen) atoms. The lowest BCUT2D eigenvalue weighted by Crippen LogP contribution is -2.30. The van der Waals surface area contributed by atoms with Crippen molar-refractivity contribution >= 4 is 16.6 Å². The number of piperidine rings is 1. The molecule has 0 bridgehead atoms. The maximum atomic E-state index is 15.1. The molecule has 2 aromatic heterocycles. The maximum absolute atomic E-state index is 15.1. The summed E-state index contributed by atoms with van der Waals surface area (Å²) in [5, 5.41) is 4.38. The average molecular weight is 432 g/mol. The maximum Gasteiger partial charge on any atom is 0.263 e. The third kappa shape index (κ3) is 3.57. The predicted molar refractivity (Wildman–Crippen MR) is 123 cm³/mol. The summed E-state index contributed by atoms with van der Waals surface area (Å²) in [6, 6.07) is 10.9. The molecule has 3 heterocycles. The number of benzene rings is 2. The molecular weight excluding hydrogens is 407 g/mol. The Morgan fingerprint density at radius 1 is 1.12 bits per heavy atom. The van der Waals surface area contributed by atoms with E-state index in [1.54, 1.807) is 12.3 Å². The summed E-state index contributed by atoms with van der Waals surface area (Å²) in [5.74, 6) is 0.177. The molecule has 4 aromatic rings. The van der Waals surface area contributed by atoms with Gasteiger partial charge in [0, 0.05) is 36.8 Å². The van der Waals surface area contributed by atoms with E-state index in [2.05, 4.69) is 15.0 Å². The van der Waals surface area contributed by atoms with Crippen LogP contribution in [0, 0.1) is 12.7 Å². The van der Waals surface area contributed by atoms with Gasteiger partial charge in [-0.2, -0.15) is 4.98 Å². The predicted octanol–water partition coefficient (Wildman–Crippen LogP) is 5.18.